The molecule has 3 aromatic rings. The van der Waals surface area contributed by atoms with Crippen molar-refractivity contribution in [3.63, 3.8) is 0 Å². The minimum atomic E-state index is -0.105. The molecule has 0 amide bonds. The highest BCUT2D eigenvalue weighted by Crippen LogP contribution is 2.30. The van der Waals surface area contributed by atoms with E-state index < -0.39 is 0 Å². The zero-order chi connectivity index (χ0) is 12.4. The minimum absolute atomic E-state index is 0.105. The van der Waals surface area contributed by atoms with E-state index in [1.54, 1.807) is 0 Å². The van der Waals surface area contributed by atoms with Gasteiger partial charge in [-0.2, -0.15) is 0 Å². The number of imidazole rings is 1. The summed E-state index contributed by atoms with van der Waals surface area (Å²) in [6.07, 6.45) is 0. The lowest BCUT2D eigenvalue weighted by Crippen LogP contribution is -2.05. The molecule has 18 heavy (non-hydrogen) atoms. The van der Waals surface area contributed by atoms with Gasteiger partial charge in [0.05, 0.1) is 16.4 Å². The first-order valence-corrected chi connectivity index (χ1v) is 6.63. The van der Waals surface area contributed by atoms with E-state index in [0.29, 0.717) is 0 Å². The largest absolute Gasteiger partial charge is 0.333 e. The van der Waals surface area contributed by atoms with Gasteiger partial charge in [0, 0.05) is 0 Å². The number of nitrogens with zero attached hydrogens (tertiary/aromatic N) is 1. The van der Waals surface area contributed by atoms with Gasteiger partial charge in [-0.15, -0.1) is 0 Å². The highest BCUT2D eigenvalue weighted by molar-refractivity contribution is 7.99. The van der Waals surface area contributed by atoms with Crippen molar-refractivity contribution in [3.8, 4) is 0 Å². The van der Waals surface area contributed by atoms with Gasteiger partial charge in [-0.25, -0.2) is 4.98 Å². The maximum atomic E-state index is 6.15. The number of nitrogens with one attached hydrogen (secondary N) is 1. The van der Waals surface area contributed by atoms with Crippen LogP contribution in [0.3, 0.4) is 0 Å². The molecule has 1 atom stereocenters. The van der Waals surface area contributed by atoms with Crippen LogP contribution in [0.2, 0.25) is 0 Å². The third-order valence-corrected chi connectivity index (χ3v) is 3.68. The molecule has 90 valence electrons. The summed E-state index contributed by atoms with van der Waals surface area (Å²) in [5.41, 5.74) is 9.27. The van der Waals surface area contributed by atoms with E-state index in [1.165, 1.54) is 11.8 Å². The summed E-state index contributed by atoms with van der Waals surface area (Å²) in [4.78, 5) is 7.77. The number of thioether (sulfide) groups is 1. The molecule has 0 fully saturated rings. The van der Waals surface area contributed by atoms with Crippen molar-refractivity contribution in [2.75, 3.05) is 0 Å². The number of para-hydroxylation sites is 2. The maximum Gasteiger partial charge on any atom is 0.168 e. The lowest BCUT2D eigenvalue weighted by atomic mass is 10.2. The molecule has 0 aliphatic carbocycles. The molecule has 2 aromatic carbocycles. The number of H-pyrrole nitrogens is 1. The van der Waals surface area contributed by atoms with Crippen molar-refractivity contribution >= 4 is 22.8 Å². The van der Waals surface area contributed by atoms with Gasteiger partial charge in [0.2, 0.25) is 0 Å². The summed E-state index contributed by atoms with van der Waals surface area (Å²) in [5.74, 6) is 0. The first kappa shape index (κ1) is 11.3. The van der Waals surface area contributed by atoms with Crippen molar-refractivity contribution in [1.29, 1.82) is 0 Å². The van der Waals surface area contributed by atoms with Gasteiger partial charge in [0.25, 0.3) is 0 Å². The standard InChI is InChI=1S/C14H13N3S/c15-13(10-6-2-1-3-7-10)18-14-16-11-8-4-5-9-12(11)17-14/h1-9,13H,15H2,(H,16,17). The Morgan fingerprint density at radius 1 is 1.00 bits per heavy atom. The lowest BCUT2D eigenvalue weighted by Gasteiger charge is -2.08. The van der Waals surface area contributed by atoms with Crippen LogP contribution >= 0.6 is 11.8 Å². The fourth-order valence-corrected chi connectivity index (χ4v) is 2.67. The third-order valence-electron chi connectivity index (χ3n) is 2.73. The Bertz CT molecular complexity index is 615. The van der Waals surface area contributed by atoms with Crippen molar-refractivity contribution in [2.24, 2.45) is 5.73 Å². The minimum Gasteiger partial charge on any atom is -0.333 e. The van der Waals surface area contributed by atoms with Crippen LogP contribution in [0.25, 0.3) is 11.0 Å². The van der Waals surface area contributed by atoms with Crippen LogP contribution in [0.5, 0.6) is 0 Å². The van der Waals surface area contributed by atoms with Crippen LogP contribution in [0.15, 0.2) is 59.8 Å². The molecular weight excluding hydrogens is 242 g/mol. The van der Waals surface area contributed by atoms with Gasteiger partial charge >= 0.3 is 0 Å². The van der Waals surface area contributed by atoms with E-state index in [1.807, 2.05) is 54.6 Å². The van der Waals surface area contributed by atoms with Crippen molar-refractivity contribution in [3.05, 3.63) is 60.2 Å². The van der Waals surface area contributed by atoms with Crippen molar-refractivity contribution < 1.29 is 0 Å². The van der Waals surface area contributed by atoms with E-state index in [0.717, 1.165) is 21.8 Å². The summed E-state index contributed by atoms with van der Waals surface area (Å²) >= 11 is 1.53. The van der Waals surface area contributed by atoms with Gasteiger partial charge < -0.3 is 10.7 Å². The molecule has 0 saturated carbocycles. The van der Waals surface area contributed by atoms with Crippen LogP contribution < -0.4 is 5.73 Å². The second-order valence-corrected chi connectivity index (χ2v) is 5.14. The number of aromatic nitrogens is 2. The molecule has 1 unspecified atom stereocenters. The first-order valence-electron chi connectivity index (χ1n) is 5.75. The number of benzene rings is 2. The summed E-state index contributed by atoms with van der Waals surface area (Å²) in [6.45, 7) is 0. The predicted octanol–water partition coefficient (Wildman–Crippen LogP) is 3.31. The highest BCUT2D eigenvalue weighted by Gasteiger charge is 2.10. The number of rotatable bonds is 3. The monoisotopic (exact) mass is 255 g/mol. The molecule has 0 spiro atoms. The van der Waals surface area contributed by atoms with E-state index >= 15 is 0 Å². The second-order valence-electron chi connectivity index (χ2n) is 4.01. The van der Waals surface area contributed by atoms with Gasteiger partial charge in [0.15, 0.2) is 5.16 Å². The zero-order valence-electron chi connectivity index (χ0n) is 9.71. The van der Waals surface area contributed by atoms with Crippen molar-refractivity contribution in [2.45, 2.75) is 10.5 Å². The van der Waals surface area contributed by atoms with Gasteiger partial charge in [-0.05, 0) is 17.7 Å². The fraction of sp³-hybridized carbons (Fsp3) is 0.0714. The molecule has 3 N–H and O–H groups in total. The summed E-state index contributed by atoms with van der Waals surface area (Å²) in [6, 6.07) is 18.0. The summed E-state index contributed by atoms with van der Waals surface area (Å²) in [7, 11) is 0. The Morgan fingerprint density at radius 2 is 1.72 bits per heavy atom. The third kappa shape index (κ3) is 2.25. The van der Waals surface area contributed by atoms with Crippen LogP contribution in [0, 0.1) is 0 Å². The van der Waals surface area contributed by atoms with Crippen LogP contribution in [0.1, 0.15) is 10.9 Å². The Balaban J connectivity index is 1.84. The Labute approximate surface area is 109 Å². The summed E-state index contributed by atoms with van der Waals surface area (Å²) < 4.78 is 0. The molecule has 0 aliphatic heterocycles. The summed E-state index contributed by atoms with van der Waals surface area (Å²) in [5, 5.41) is 0.749. The Kier molecular flexibility index (Phi) is 3.04. The lowest BCUT2D eigenvalue weighted by molar-refractivity contribution is 0.998. The number of aromatic amines is 1. The molecule has 0 radical (unpaired) electrons. The molecule has 1 heterocycles. The second kappa shape index (κ2) is 4.84. The molecule has 3 rings (SSSR count). The van der Waals surface area contributed by atoms with Gasteiger partial charge in [-0.3, -0.25) is 0 Å². The normalized spacial score (nSPS) is 12.7. The molecule has 4 heteroatoms. The van der Waals surface area contributed by atoms with E-state index in [4.69, 9.17) is 5.73 Å². The Hall–Kier alpha value is -1.78. The molecular formula is C14H13N3S. The molecule has 0 saturated heterocycles. The number of hydrogen-bond donors (Lipinski definition) is 2. The van der Waals surface area contributed by atoms with Crippen LogP contribution in [-0.2, 0) is 0 Å². The SMILES string of the molecule is NC(Sc1nc2ccccc2[nH]1)c1ccccc1. The number of nitrogens with two attached hydrogens (primary N) is 1. The van der Waals surface area contributed by atoms with Crippen LogP contribution in [-0.4, -0.2) is 9.97 Å². The van der Waals surface area contributed by atoms with Crippen LogP contribution in [0.4, 0.5) is 0 Å². The number of fused-ring (bicyclic) bond motifs is 1. The maximum absolute atomic E-state index is 6.15. The fourth-order valence-electron chi connectivity index (χ4n) is 1.82. The average Bonchev–Trinajstić information content (AvgIpc) is 2.82. The number of hydrogen-bond acceptors (Lipinski definition) is 3. The van der Waals surface area contributed by atoms with Crippen molar-refractivity contribution in [1.82, 2.24) is 9.97 Å². The Morgan fingerprint density at radius 3 is 2.50 bits per heavy atom. The molecule has 3 nitrogen and oxygen atoms in total. The zero-order valence-corrected chi connectivity index (χ0v) is 10.5. The average molecular weight is 255 g/mol. The molecule has 1 aromatic heterocycles. The first-order chi connectivity index (χ1) is 8.83. The predicted molar refractivity (Wildman–Crippen MR) is 75.3 cm³/mol. The van der Waals surface area contributed by atoms with Gasteiger partial charge in [0.1, 0.15) is 0 Å². The molecule has 0 bridgehead atoms. The quantitative estimate of drug-likeness (QED) is 0.557. The highest BCUT2D eigenvalue weighted by atomic mass is 32.2. The molecule has 0 aliphatic rings. The van der Waals surface area contributed by atoms with E-state index in [9.17, 15) is 0 Å². The smallest absolute Gasteiger partial charge is 0.168 e. The van der Waals surface area contributed by atoms with E-state index in [-0.39, 0.29) is 5.37 Å². The van der Waals surface area contributed by atoms with E-state index in [2.05, 4.69) is 9.97 Å². The topological polar surface area (TPSA) is 54.7 Å². The van der Waals surface area contributed by atoms with Gasteiger partial charge in [-0.1, -0.05) is 54.2 Å².